The summed E-state index contributed by atoms with van der Waals surface area (Å²) in [6.07, 6.45) is 9.03. The van der Waals surface area contributed by atoms with Crippen LogP contribution in [-0.2, 0) is 16.8 Å². The van der Waals surface area contributed by atoms with E-state index in [9.17, 15) is 4.79 Å². The predicted octanol–water partition coefficient (Wildman–Crippen LogP) is 6.29. The lowest BCUT2D eigenvalue weighted by Gasteiger charge is -2.19. The first kappa shape index (κ1) is 22.0. The van der Waals surface area contributed by atoms with Crippen molar-refractivity contribution < 1.29 is 4.79 Å². The fourth-order valence-corrected chi connectivity index (χ4v) is 4.34. The third-order valence-corrected chi connectivity index (χ3v) is 6.24. The summed E-state index contributed by atoms with van der Waals surface area (Å²) in [6.45, 7) is 7.48. The second-order valence-electron chi connectivity index (χ2n) is 8.93. The summed E-state index contributed by atoms with van der Waals surface area (Å²) >= 11 is 1.57. The molecule has 1 N–H and O–H groups in total. The SMILES string of the molecule is CC(C)(C)c1ccc(/C(=C\C(=O)Nc2ccc3ncsc3c2)CCCn2ccnc2)cc1. The number of benzene rings is 2. The van der Waals surface area contributed by atoms with Gasteiger partial charge in [-0.15, -0.1) is 11.3 Å². The Labute approximate surface area is 192 Å². The quantitative estimate of drug-likeness (QED) is 0.341. The van der Waals surface area contributed by atoms with Gasteiger partial charge in [-0.3, -0.25) is 4.79 Å². The third-order valence-electron chi connectivity index (χ3n) is 5.45. The summed E-state index contributed by atoms with van der Waals surface area (Å²) in [7, 11) is 0. The lowest BCUT2D eigenvalue weighted by atomic mass is 9.86. The van der Waals surface area contributed by atoms with E-state index in [4.69, 9.17) is 0 Å². The van der Waals surface area contributed by atoms with Gasteiger partial charge in [0.2, 0.25) is 5.91 Å². The average Bonchev–Trinajstić information content (AvgIpc) is 3.44. The first-order valence-corrected chi connectivity index (χ1v) is 11.7. The maximum atomic E-state index is 12.9. The number of rotatable bonds is 7. The Morgan fingerprint density at radius 3 is 2.69 bits per heavy atom. The van der Waals surface area contributed by atoms with Crippen LogP contribution in [-0.4, -0.2) is 20.4 Å². The van der Waals surface area contributed by atoms with Crippen molar-refractivity contribution in [2.45, 2.75) is 45.6 Å². The Hall–Kier alpha value is -3.25. The lowest BCUT2D eigenvalue weighted by molar-refractivity contribution is -0.111. The molecule has 0 radical (unpaired) electrons. The van der Waals surface area contributed by atoms with E-state index < -0.39 is 0 Å². The summed E-state index contributed by atoms with van der Waals surface area (Å²) in [5, 5.41) is 3.01. The van der Waals surface area contributed by atoms with Crippen LogP contribution in [0.2, 0.25) is 0 Å². The average molecular weight is 445 g/mol. The van der Waals surface area contributed by atoms with Crippen molar-refractivity contribution in [3.63, 3.8) is 0 Å². The number of nitrogens with zero attached hydrogens (tertiary/aromatic N) is 3. The maximum absolute atomic E-state index is 12.9. The number of carbonyl (C=O) groups excluding carboxylic acids is 1. The number of allylic oxidation sites excluding steroid dienone is 1. The highest BCUT2D eigenvalue weighted by Gasteiger charge is 2.14. The second-order valence-corrected chi connectivity index (χ2v) is 9.81. The van der Waals surface area contributed by atoms with E-state index >= 15 is 0 Å². The zero-order valence-electron chi connectivity index (χ0n) is 18.7. The zero-order valence-corrected chi connectivity index (χ0v) is 19.5. The Bertz CT molecular complexity index is 1210. The van der Waals surface area contributed by atoms with Crippen molar-refractivity contribution >= 4 is 38.7 Å². The van der Waals surface area contributed by atoms with Gasteiger partial charge in [-0.05, 0) is 53.2 Å². The van der Waals surface area contributed by atoms with Crippen LogP contribution < -0.4 is 5.32 Å². The molecule has 0 aliphatic rings. The largest absolute Gasteiger partial charge is 0.337 e. The van der Waals surface area contributed by atoms with Crippen LogP contribution in [0.15, 0.2) is 72.8 Å². The number of amides is 1. The molecule has 6 heteroatoms. The number of thiazole rings is 1. The van der Waals surface area contributed by atoms with Gasteiger partial charge < -0.3 is 9.88 Å². The van der Waals surface area contributed by atoms with Crippen molar-refractivity contribution in [2.24, 2.45) is 0 Å². The second kappa shape index (κ2) is 9.49. The van der Waals surface area contributed by atoms with Crippen LogP contribution in [0.25, 0.3) is 15.8 Å². The Balaban J connectivity index is 1.53. The van der Waals surface area contributed by atoms with Crippen molar-refractivity contribution in [2.75, 3.05) is 5.32 Å². The van der Waals surface area contributed by atoms with Gasteiger partial charge in [0, 0.05) is 30.7 Å². The molecule has 0 saturated carbocycles. The molecule has 0 bridgehead atoms. The molecule has 32 heavy (non-hydrogen) atoms. The van der Waals surface area contributed by atoms with E-state index in [0.717, 1.165) is 46.4 Å². The van der Waals surface area contributed by atoms with E-state index in [0.29, 0.717) is 0 Å². The molecule has 4 rings (SSSR count). The smallest absolute Gasteiger partial charge is 0.248 e. The fraction of sp³-hybridized carbons (Fsp3) is 0.269. The highest BCUT2D eigenvalue weighted by molar-refractivity contribution is 7.16. The summed E-state index contributed by atoms with van der Waals surface area (Å²) in [5.41, 5.74) is 7.03. The number of fused-ring (bicyclic) bond motifs is 1. The topological polar surface area (TPSA) is 59.8 Å². The van der Waals surface area contributed by atoms with E-state index in [1.54, 1.807) is 23.6 Å². The van der Waals surface area contributed by atoms with Gasteiger partial charge in [-0.2, -0.15) is 0 Å². The molecular formula is C26H28N4OS. The van der Waals surface area contributed by atoms with Gasteiger partial charge >= 0.3 is 0 Å². The molecule has 2 aromatic heterocycles. The molecule has 0 aliphatic heterocycles. The van der Waals surface area contributed by atoms with Gasteiger partial charge in [0.1, 0.15) is 0 Å². The molecular weight excluding hydrogens is 416 g/mol. The molecule has 0 saturated heterocycles. The molecule has 0 unspecified atom stereocenters. The minimum atomic E-state index is -0.119. The zero-order chi connectivity index (χ0) is 22.6. The fourth-order valence-electron chi connectivity index (χ4n) is 3.62. The molecule has 0 atom stereocenters. The first-order chi connectivity index (χ1) is 15.4. The third kappa shape index (κ3) is 5.51. The predicted molar refractivity (Wildman–Crippen MR) is 133 cm³/mol. The molecule has 1 amide bonds. The van der Waals surface area contributed by atoms with Crippen LogP contribution >= 0.6 is 11.3 Å². The van der Waals surface area contributed by atoms with Gasteiger partial charge in [0.25, 0.3) is 0 Å². The van der Waals surface area contributed by atoms with Crippen molar-refractivity contribution in [1.29, 1.82) is 0 Å². The maximum Gasteiger partial charge on any atom is 0.248 e. The molecule has 0 spiro atoms. The van der Waals surface area contributed by atoms with Crippen LogP contribution in [0.4, 0.5) is 5.69 Å². The van der Waals surface area contributed by atoms with E-state index in [2.05, 4.69) is 64.9 Å². The number of aromatic nitrogens is 3. The molecule has 0 fully saturated rings. The summed E-state index contributed by atoms with van der Waals surface area (Å²) < 4.78 is 3.12. The number of aryl methyl sites for hydroxylation is 1. The van der Waals surface area contributed by atoms with Crippen molar-refractivity contribution in [1.82, 2.24) is 14.5 Å². The van der Waals surface area contributed by atoms with Gasteiger partial charge in [-0.25, -0.2) is 9.97 Å². The summed E-state index contributed by atoms with van der Waals surface area (Å²) in [4.78, 5) is 21.3. The van der Waals surface area contributed by atoms with Crippen LogP contribution in [0, 0.1) is 0 Å². The molecule has 2 aromatic carbocycles. The van der Waals surface area contributed by atoms with E-state index in [-0.39, 0.29) is 11.3 Å². The lowest BCUT2D eigenvalue weighted by Crippen LogP contribution is -2.11. The minimum Gasteiger partial charge on any atom is -0.337 e. The minimum absolute atomic E-state index is 0.0937. The van der Waals surface area contributed by atoms with Gasteiger partial charge in [-0.1, -0.05) is 45.0 Å². The molecule has 5 nitrogen and oxygen atoms in total. The number of hydrogen-bond donors (Lipinski definition) is 1. The number of carbonyl (C=O) groups is 1. The van der Waals surface area contributed by atoms with Crippen molar-refractivity contribution in [3.05, 3.63) is 83.9 Å². The molecule has 2 heterocycles. The van der Waals surface area contributed by atoms with E-state index in [1.165, 1.54) is 5.56 Å². The Morgan fingerprint density at radius 1 is 1.16 bits per heavy atom. The van der Waals surface area contributed by atoms with Gasteiger partial charge in [0.15, 0.2) is 0 Å². The number of hydrogen-bond acceptors (Lipinski definition) is 4. The molecule has 0 aliphatic carbocycles. The summed E-state index contributed by atoms with van der Waals surface area (Å²) in [6, 6.07) is 14.4. The monoisotopic (exact) mass is 444 g/mol. The number of imidazole rings is 1. The van der Waals surface area contributed by atoms with Crippen LogP contribution in [0.3, 0.4) is 0 Å². The normalized spacial score (nSPS) is 12.3. The number of anilines is 1. The first-order valence-electron chi connectivity index (χ1n) is 10.8. The number of nitrogens with one attached hydrogen (secondary N) is 1. The van der Waals surface area contributed by atoms with Crippen LogP contribution in [0.5, 0.6) is 0 Å². The van der Waals surface area contributed by atoms with E-state index in [1.807, 2.05) is 36.2 Å². The van der Waals surface area contributed by atoms with Gasteiger partial charge in [0.05, 0.1) is 22.1 Å². The molecule has 164 valence electrons. The Morgan fingerprint density at radius 2 is 1.97 bits per heavy atom. The molecule has 4 aromatic rings. The standard InChI is InChI=1S/C26H28N4OS/c1-26(2,3)21-8-6-19(7-9-21)20(5-4-13-30-14-12-27-17-30)15-25(31)29-22-10-11-23-24(16-22)32-18-28-23/h6-12,14-18H,4-5,13H2,1-3H3,(H,29,31)/b20-15-. The highest BCUT2D eigenvalue weighted by atomic mass is 32.1. The highest BCUT2D eigenvalue weighted by Crippen LogP contribution is 2.27. The summed E-state index contributed by atoms with van der Waals surface area (Å²) in [5.74, 6) is -0.119. The van der Waals surface area contributed by atoms with Crippen LogP contribution in [0.1, 0.15) is 44.7 Å². The Kier molecular flexibility index (Phi) is 6.51. The van der Waals surface area contributed by atoms with Crippen molar-refractivity contribution in [3.8, 4) is 0 Å².